The number of halogens is 1. The van der Waals surface area contributed by atoms with E-state index in [0.29, 0.717) is 17.0 Å². The summed E-state index contributed by atoms with van der Waals surface area (Å²) in [6.07, 6.45) is 1.61. The minimum absolute atomic E-state index is 0.000529. The van der Waals surface area contributed by atoms with Crippen LogP contribution in [0.25, 0.3) is 0 Å². The summed E-state index contributed by atoms with van der Waals surface area (Å²) in [6, 6.07) is 21.0. The van der Waals surface area contributed by atoms with Gasteiger partial charge >= 0.3 is 0 Å². The summed E-state index contributed by atoms with van der Waals surface area (Å²) in [7, 11) is -0.625. The van der Waals surface area contributed by atoms with E-state index in [1.54, 1.807) is 36.4 Å². The van der Waals surface area contributed by atoms with E-state index in [-0.39, 0.29) is 44.2 Å². The second kappa shape index (κ2) is 13.7. The summed E-state index contributed by atoms with van der Waals surface area (Å²) < 4.78 is 45.1. The summed E-state index contributed by atoms with van der Waals surface area (Å²) in [4.78, 5) is 28.1. The van der Waals surface area contributed by atoms with Crippen molar-refractivity contribution in [3.63, 3.8) is 0 Å². The first kappa shape index (κ1) is 29.6. The molecule has 0 spiro atoms. The van der Waals surface area contributed by atoms with Crippen molar-refractivity contribution >= 4 is 27.5 Å². The molecule has 0 aliphatic carbocycles. The summed E-state index contributed by atoms with van der Waals surface area (Å²) in [5.41, 5.74) is 1.98. The molecule has 3 aromatic carbocycles. The average molecular weight is 556 g/mol. The molecule has 0 aliphatic rings. The highest BCUT2D eigenvalue weighted by Crippen LogP contribution is 2.24. The van der Waals surface area contributed by atoms with Crippen LogP contribution in [0.2, 0.25) is 0 Å². The molecule has 0 aromatic heterocycles. The van der Waals surface area contributed by atoms with Crippen LogP contribution < -0.4 is 14.4 Å². The number of nitrogens with one attached hydrogen (secondary N) is 1. The predicted molar refractivity (Wildman–Crippen MR) is 149 cm³/mol. The molecule has 0 radical (unpaired) electrons. The van der Waals surface area contributed by atoms with Gasteiger partial charge in [0.2, 0.25) is 21.8 Å². The molecule has 39 heavy (non-hydrogen) atoms. The van der Waals surface area contributed by atoms with E-state index in [0.717, 1.165) is 11.8 Å². The molecule has 0 bridgehead atoms. The van der Waals surface area contributed by atoms with E-state index in [2.05, 4.69) is 5.32 Å². The standard InChI is InChI=1S/C29H34FN3O5S/c1-31-29(35)27(19-22-9-5-4-6-10-22)32(21-23-14-16-24(30)17-15-23)28(34)13-8-18-33(39(3,36)37)25-11-7-12-26(20-25)38-2/h4-7,9-12,14-17,20,27H,8,13,18-19,21H2,1-3H3,(H,31,35)/t27-/m1/s1. The van der Waals surface area contributed by atoms with Gasteiger partial charge in [-0.05, 0) is 41.8 Å². The van der Waals surface area contributed by atoms with Crippen molar-refractivity contribution in [3.05, 3.63) is 95.8 Å². The second-order valence-electron chi connectivity index (χ2n) is 9.11. The fourth-order valence-corrected chi connectivity index (χ4v) is 5.23. The van der Waals surface area contributed by atoms with Crippen LogP contribution in [0, 0.1) is 5.82 Å². The lowest BCUT2D eigenvalue weighted by Gasteiger charge is -2.31. The Morgan fingerprint density at radius 1 is 0.974 bits per heavy atom. The van der Waals surface area contributed by atoms with Crippen molar-refractivity contribution in [1.82, 2.24) is 10.2 Å². The average Bonchev–Trinajstić information content (AvgIpc) is 2.93. The molecule has 0 saturated heterocycles. The normalized spacial score (nSPS) is 11.9. The maximum Gasteiger partial charge on any atom is 0.242 e. The van der Waals surface area contributed by atoms with E-state index in [1.807, 2.05) is 30.3 Å². The monoisotopic (exact) mass is 555 g/mol. The first-order chi connectivity index (χ1) is 18.6. The molecule has 0 aliphatic heterocycles. The molecule has 3 aromatic rings. The molecule has 1 N–H and O–H groups in total. The van der Waals surface area contributed by atoms with Crippen LogP contribution in [-0.4, -0.2) is 58.1 Å². The minimum atomic E-state index is -3.63. The Morgan fingerprint density at radius 2 is 1.67 bits per heavy atom. The number of ether oxygens (including phenoxy) is 1. The van der Waals surface area contributed by atoms with Crippen molar-refractivity contribution in [3.8, 4) is 5.75 Å². The van der Waals surface area contributed by atoms with Crippen LogP contribution in [0.1, 0.15) is 24.0 Å². The van der Waals surface area contributed by atoms with Gasteiger partial charge in [0.25, 0.3) is 0 Å². The van der Waals surface area contributed by atoms with E-state index >= 15 is 0 Å². The van der Waals surface area contributed by atoms with Crippen LogP contribution in [0.4, 0.5) is 10.1 Å². The highest BCUT2D eigenvalue weighted by molar-refractivity contribution is 7.92. The maximum absolute atomic E-state index is 13.6. The third-order valence-electron chi connectivity index (χ3n) is 6.28. The number of methoxy groups -OCH3 is 1. The molecule has 0 heterocycles. The molecule has 0 saturated carbocycles. The van der Waals surface area contributed by atoms with E-state index < -0.39 is 21.9 Å². The molecule has 8 nitrogen and oxygen atoms in total. The first-order valence-corrected chi connectivity index (χ1v) is 14.4. The van der Waals surface area contributed by atoms with E-state index in [9.17, 15) is 22.4 Å². The van der Waals surface area contributed by atoms with Gasteiger partial charge in [-0.15, -0.1) is 0 Å². The zero-order valence-electron chi connectivity index (χ0n) is 22.3. The number of benzene rings is 3. The van der Waals surface area contributed by atoms with Gasteiger partial charge in [0.05, 0.1) is 19.1 Å². The number of carbonyl (C=O) groups is 2. The maximum atomic E-state index is 13.6. The SMILES string of the molecule is CNC(=O)[C@@H](Cc1ccccc1)N(Cc1ccc(F)cc1)C(=O)CCCN(c1cccc(OC)c1)S(C)(=O)=O. The lowest BCUT2D eigenvalue weighted by Crippen LogP contribution is -2.49. The smallest absolute Gasteiger partial charge is 0.242 e. The van der Waals surface area contributed by atoms with Crippen LogP contribution in [0.15, 0.2) is 78.9 Å². The molecule has 208 valence electrons. The zero-order chi connectivity index (χ0) is 28.4. The molecule has 10 heteroatoms. The summed E-state index contributed by atoms with van der Waals surface area (Å²) in [6.45, 7) is 0.154. The molecule has 3 rings (SSSR count). The number of nitrogens with zero attached hydrogens (tertiary/aromatic N) is 2. The Bertz CT molecular complexity index is 1350. The molecule has 1 atom stereocenters. The van der Waals surface area contributed by atoms with E-state index in [4.69, 9.17) is 4.74 Å². The third kappa shape index (κ3) is 8.54. The van der Waals surface area contributed by atoms with Crippen molar-refractivity contribution in [2.45, 2.75) is 31.8 Å². The van der Waals surface area contributed by atoms with Crippen molar-refractivity contribution in [2.24, 2.45) is 0 Å². The largest absolute Gasteiger partial charge is 0.497 e. The fraction of sp³-hybridized carbons (Fsp3) is 0.310. The van der Waals surface area contributed by atoms with Crippen LogP contribution in [0.5, 0.6) is 5.75 Å². The van der Waals surface area contributed by atoms with Gasteiger partial charge in [-0.2, -0.15) is 0 Å². The van der Waals surface area contributed by atoms with Gasteiger partial charge in [0.15, 0.2) is 0 Å². The Balaban J connectivity index is 1.84. The van der Waals surface area contributed by atoms with Gasteiger partial charge in [0, 0.05) is 39.0 Å². The second-order valence-corrected chi connectivity index (χ2v) is 11.0. The Kier molecular flexibility index (Phi) is 10.4. The van der Waals surface area contributed by atoms with Crippen LogP contribution in [0.3, 0.4) is 0 Å². The summed E-state index contributed by atoms with van der Waals surface area (Å²) in [5, 5.41) is 2.65. The fourth-order valence-electron chi connectivity index (χ4n) is 4.28. The lowest BCUT2D eigenvalue weighted by atomic mass is 10.0. The predicted octanol–water partition coefficient (Wildman–Crippen LogP) is 3.77. The van der Waals surface area contributed by atoms with Gasteiger partial charge in [-0.3, -0.25) is 13.9 Å². The molecule has 0 unspecified atom stereocenters. The Morgan fingerprint density at radius 3 is 2.28 bits per heavy atom. The van der Waals surface area contributed by atoms with Gasteiger partial charge < -0.3 is 15.0 Å². The molecular weight excluding hydrogens is 521 g/mol. The first-order valence-electron chi connectivity index (χ1n) is 12.5. The highest BCUT2D eigenvalue weighted by atomic mass is 32.2. The van der Waals surface area contributed by atoms with Gasteiger partial charge in [-0.1, -0.05) is 48.5 Å². The number of likely N-dealkylation sites (N-methyl/N-ethyl adjacent to an activating group) is 1. The number of hydrogen-bond donors (Lipinski definition) is 1. The molecule has 2 amide bonds. The summed E-state index contributed by atoms with van der Waals surface area (Å²) >= 11 is 0. The number of sulfonamides is 1. The van der Waals surface area contributed by atoms with Gasteiger partial charge in [-0.25, -0.2) is 12.8 Å². The number of hydrogen-bond acceptors (Lipinski definition) is 5. The minimum Gasteiger partial charge on any atom is -0.497 e. The number of rotatable bonds is 13. The van der Waals surface area contributed by atoms with Gasteiger partial charge in [0.1, 0.15) is 17.6 Å². The third-order valence-corrected chi connectivity index (χ3v) is 7.47. The molecular formula is C29H34FN3O5S. The van der Waals surface area contributed by atoms with Crippen LogP contribution in [-0.2, 0) is 32.6 Å². The van der Waals surface area contributed by atoms with Crippen molar-refractivity contribution in [1.29, 1.82) is 0 Å². The highest BCUT2D eigenvalue weighted by Gasteiger charge is 2.30. The van der Waals surface area contributed by atoms with Crippen molar-refractivity contribution < 1.29 is 27.1 Å². The number of amides is 2. The lowest BCUT2D eigenvalue weighted by molar-refractivity contribution is -0.141. The number of carbonyl (C=O) groups excluding carboxylic acids is 2. The Hall–Kier alpha value is -3.92. The van der Waals surface area contributed by atoms with Crippen molar-refractivity contribution in [2.75, 3.05) is 31.3 Å². The molecule has 0 fully saturated rings. The topological polar surface area (TPSA) is 96.0 Å². The number of anilines is 1. The quantitative estimate of drug-likeness (QED) is 0.347. The summed E-state index contributed by atoms with van der Waals surface area (Å²) in [5.74, 6) is -0.536. The van der Waals surface area contributed by atoms with E-state index in [1.165, 1.54) is 35.5 Å². The zero-order valence-corrected chi connectivity index (χ0v) is 23.2. The van der Waals surface area contributed by atoms with Crippen LogP contribution >= 0.6 is 0 Å². The Labute approximate surface area is 229 Å².